The molecule has 0 atom stereocenters. The number of hydrogen-bond donors (Lipinski definition) is 1. The number of sulfonamides is 1. The van der Waals surface area contributed by atoms with Gasteiger partial charge >= 0.3 is 0 Å². The van der Waals surface area contributed by atoms with Crippen molar-refractivity contribution in [2.24, 2.45) is 0 Å². The van der Waals surface area contributed by atoms with Gasteiger partial charge in [0.1, 0.15) is 17.4 Å². The van der Waals surface area contributed by atoms with Crippen LogP contribution < -0.4 is 14.4 Å². The average molecular weight is 391 g/mol. The highest BCUT2D eigenvalue weighted by atomic mass is 32.2. The normalized spacial score (nSPS) is 14.6. The number of ether oxygens (including phenoxy) is 1. The zero-order chi connectivity index (χ0) is 19.6. The van der Waals surface area contributed by atoms with Crippen LogP contribution in [0.4, 0.5) is 5.82 Å². The van der Waals surface area contributed by atoms with Crippen molar-refractivity contribution in [3.05, 3.63) is 40.8 Å². The van der Waals surface area contributed by atoms with Gasteiger partial charge in [-0.15, -0.1) is 0 Å². The minimum absolute atomic E-state index is 0.0510. The van der Waals surface area contributed by atoms with Crippen LogP contribution in [0, 0.1) is 20.8 Å². The third-order valence-electron chi connectivity index (χ3n) is 4.93. The van der Waals surface area contributed by atoms with E-state index in [0.29, 0.717) is 17.1 Å². The molecule has 0 spiro atoms. The van der Waals surface area contributed by atoms with Crippen LogP contribution in [0.15, 0.2) is 23.1 Å². The first kappa shape index (κ1) is 19.6. The number of methoxy groups -OCH3 is 1. The van der Waals surface area contributed by atoms with Crippen LogP contribution in [0.3, 0.4) is 0 Å². The monoisotopic (exact) mass is 390 g/mol. The molecule has 1 aliphatic rings. The van der Waals surface area contributed by atoms with E-state index < -0.39 is 10.0 Å². The lowest BCUT2D eigenvalue weighted by atomic mass is 10.1. The van der Waals surface area contributed by atoms with E-state index in [0.717, 1.165) is 43.0 Å². The van der Waals surface area contributed by atoms with E-state index in [1.165, 1.54) is 0 Å². The van der Waals surface area contributed by atoms with Crippen LogP contribution in [-0.2, 0) is 16.6 Å². The molecule has 1 saturated heterocycles. The molecule has 2 aromatic rings. The predicted octanol–water partition coefficient (Wildman–Crippen LogP) is 2.49. The number of nitrogens with zero attached hydrogens (tertiary/aromatic N) is 3. The summed E-state index contributed by atoms with van der Waals surface area (Å²) in [5.74, 6) is 2.01. The van der Waals surface area contributed by atoms with Crippen molar-refractivity contribution in [2.45, 2.75) is 45.1 Å². The molecule has 1 aromatic heterocycles. The molecule has 1 aliphatic heterocycles. The number of rotatable bonds is 6. The first-order chi connectivity index (χ1) is 12.8. The lowest BCUT2D eigenvalue weighted by Crippen LogP contribution is -2.26. The van der Waals surface area contributed by atoms with E-state index >= 15 is 0 Å². The highest BCUT2D eigenvalue weighted by Crippen LogP contribution is 2.27. The molecule has 0 amide bonds. The molecule has 0 unspecified atom stereocenters. The Balaban J connectivity index is 1.81. The Labute approximate surface area is 160 Å². The molecule has 1 aromatic carbocycles. The molecule has 0 aliphatic carbocycles. The van der Waals surface area contributed by atoms with Gasteiger partial charge in [0.2, 0.25) is 10.0 Å². The molecule has 7 nitrogen and oxygen atoms in total. The van der Waals surface area contributed by atoms with E-state index in [-0.39, 0.29) is 11.4 Å². The molecule has 27 heavy (non-hydrogen) atoms. The summed E-state index contributed by atoms with van der Waals surface area (Å²) in [6.07, 6.45) is 2.31. The Morgan fingerprint density at radius 1 is 1.11 bits per heavy atom. The maximum absolute atomic E-state index is 12.8. The Bertz CT molecular complexity index is 938. The zero-order valence-corrected chi connectivity index (χ0v) is 17.1. The van der Waals surface area contributed by atoms with Gasteiger partial charge in [-0.2, -0.15) is 0 Å². The van der Waals surface area contributed by atoms with Gasteiger partial charge in [0, 0.05) is 24.8 Å². The Hall–Kier alpha value is -2.19. The highest BCUT2D eigenvalue weighted by molar-refractivity contribution is 7.89. The van der Waals surface area contributed by atoms with Gasteiger partial charge in [0.25, 0.3) is 0 Å². The number of aromatic nitrogens is 2. The molecule has 0 radical (unpaired) electrons. The Kier molecular flexibility index (Phi) is 5.67. The van der Waals surface area contributed by atoms with Gasteiger partial charge in [0.15, 0.2) is 0 Å². The number of anilines is 1. The number of benzene rings is 1. The lowest BCUT2D eigenvalue weighted by Gasteiger charge is -2.18. The van der Waals surface area contributed by atoms with Gasteiger partial charge in [-0.1, -0.05) is 0 Å². The van der Waals surface area contributed by atoms with Crippen LogP contribution >= 0.6 is 0 Å². The van der Waals surface area contributed by atoms with Gasteiger partial charge < -0.3 is 9.64 Å². The molecular weight excluding hydrogens is 364 g/mol. The van der Waals surface area contributed by atoms with Crippen molar-refractivity contribution >= 4 is 15.8 Å². The Morgan fingerprint density at radius 3 is 2.48 bits per heavy atom. The molecule has 8 heteroatoms. The standard InChI is InChI=1S/C19H26N4O3S/c1-13-11-19(23-9-5-6-10-23)22-18(21-13)12-20-27(24,25)17-8-7-16(26-4)14(2)15(17)3/h7-8,11,20H,5-6,9-10,12H2,1-4H3. The molecule has 1 fully saturated rings. The molecule has 0 saturated carbocycles. The first-order valence-corrected chi connectivity index (χ1v) is 10.5. The summed E-state index contributed by atoms with van der Waals surface area (Å²) in [6, 6.07) is 5.18. The smallest absolute Gasteiger partial charge is 0.241 e. The Morgan fingerprint density at radius 2 is 1.81 bits per heavy atom. The second kappa shape index (κ2) is 7.82. The van der Waals surface area contributed by atoms with Gasteiger partial charge in [-0.05, 0) is 56.9 Å². The van der Waals surface area contributed by atoms with E-state index in [2.05, 4.69) is 19.6 Å². The van der Waals surface area contributed by atoms with Crippen molar-refractivity contribution in [1.29, 1.82) is 0 Å². The second-order valence-corrected chi connectivity index (χ2v) is 8.55. The molecule has 2 heterocycles. The van der Waals surface area contributed by atoms with Crippen LogP contribution in [-0.4, -0.2) is 38.6 Å². The SMILES string of the molecule is COc1ccc(S(=O)(=O)NCc2nc(C)cc(N3CCCC3)n2)c(C)c1C. The summed E-state index contributed by atoms with van der Waals surface area (Å²) < 4.78 is 33.5. The summed E-state index contributed by atoms with van der Waals surface area (Å²) >= 11 is 0. The van der Waals surface area contributed by atoms with E-state index in [1.54, 1.807) is 26.2 Å². The third kappa shape index (κ3) is 4.22. The van der Waals surface area contributed by atoms with Crippen molar-refractivity contribution in [1.82, 2.24) is 14.7 Å². The fraction of sp³-hybridized carbons (Fsp3) is 0.474. The summed E-state index contributed by atoms with van der Waals surface area (Å²) in [5.41, 5.74) is 2.31. The predicted molar refractivity (Wildman–Crippen MR) is 105 cm³/mol. The average Bonchev–Trinajstić information content (AvgIpc) is 3.16. The fourth-order valence-electron chi connectivity index (χ4n) is 3.32. The van der Waals surface area contributed by atoms with Crippen LogP contribution in [0.1, 0.15) is 35.5 Å². The summed E-state index contributed by atoms with van der Waals surface area (Å²) in [5, 5.41) is 0. The van der Waals surface area contributed by atoms with Crippen molar-refractivity contribution in [3.8, 4) is 5.75 Å². The summed E-state index contributed by atoms with van der Waals surface area (Å²) in [6.45, 7) is 7.53. The zero-order valence-electron chi connectivity index (χ0n) is 16.2. The van der Waals surface area contributed by atoms with Crippen LogP contribution in [0.5, 0.6) is 5.75 Å². The quantitative estimate of drug-likeness (QED) is 0.816. The maximum Gasteiger partial charge on any atom is 0.241 e. The van der Waals surface area contributed by atoms with Crippen molar-refractivity contribution in [3.63, 3.8) is 0 Å². The summed E-state index contributed by atoms with van der Waals surface area (Å²) in [4.78, 5) is 11.4. The molecule has 146 valence electrons. The van der Waals surface area contributed by atoms with Crippen molar-refractivity contribution < 1.29 is 13.2 Å². The number of hydrogen-bond acceptors (Lipinski definition) is 6. The van der Waals surface area contributed by atoms with Crippen LogP contribution in [0.2, 0.25) is 0 Å². The molecular formula is C19H26N4O3S. The van der Waals surface area contributed by atoms with E-state index in [4.69, 9.17) is 4.74 Å². The highest BCUT2D eigenvalue weighted by Gasteiger charge is 2.21. The summed E-state index contributed by atoms with van der Waals surface area (Å²) in [7, 11) is -2.11. The largest absolute Gasteiger partial charge is 0.496 e. The first-order valence-electron chi connectivity index (χ1n) is 9.05. The fourth-order valence-corrected chi connectivity index (χ4v) is 4.60. The number of nitrogens with one attached hydrogen (secondary N) is 1. The van der Waals surface area contributed by atoms with E-state index in [9.17, 15) is 8.42 Å². The van der Waals surface area contributed by atoms with E-state index in [1.807, 2.05) is 19.9 Å². The van der Waals surface area contributed by atoms with Crippen LogP contribution in [0.25, 0.3) is 0 Å². The second-order valence-electron chi connectivity index (χ2n) is 6.82. The van der Waals surface area contributed by atoms with Gasteiger partial charge in [-0.3, -0.25) is 0 Å². The van der Waals surface area contributed by atoms with Gasteiger partial charge in [0.05, 0.1) is 18.6 Å². The maximum atomic E-state index is 12.8. The van der Waals surface area contributed by atoms with Crippen molar-refractivity contribution in [2.75, 3.05) is 25.1 Å². The third-order valence-corrected chi connectivity index (χ3v) is 6.48. The lowest BCUT2D eigenvalue weighted by molar-refractivity contribution is 0.410. The number of aryl methyl sites for hydroxylation is 1. The molecule has 1 N–H and O–H groups in total. The topological polar surface area (TPSA) is 84.4 Å². The molecule has 0 bridgehead atoms. The molecule has 3 rings (SSSR count). The minimum Gasteiger partial charge on any atom is -0.496 e. The minimum atomic E-state index is -3.68. The van der Waals surface area contributed by atoms with Gasteiger partial charge in [-0.25, -0.2) is 23.1 Å².